The van der Waals surface area contributed by atoms with Gasteiger partial charge in [-0.2, -0.15) is 0 Å². The van der Waals surface area contributed by atoms with Gasteiger partial charge in [0.1, 0.15) is 5.75 Å². The number of furan rings is 1. The van der Waals surface area contributed by atoms with E-state index in [9.17, 15) is 9.59 Å². The summed E-state index contributed by atoms with van der Waals surface area (Å²) < 4.78 is 16.0. The van der Waals surface area contributed by atoms with Crippen LogP contribution in [0.5, 0.6) is 5.75 Å². The van der Waals surface area contributed by atoms with Gasteiger partial charge in [-0.1, -0.05) is 12.1 Å². The molecule has 7 heteroatoms. The summed E-state index contributed by atoms with van der Waals surface area (Å²) in [5.41, 5.74) is 2.19. The number of benzene rings is 2. The molecule has 2 heterocycles. The first-order chi connectivity index (χ1) is 16.0. The van der Waals surface area contributed by atoms with Gasteiger partial charge in [-0.05, 0) is 66.9 Å². The van der Waals surface area contributed by atoms with Gasteiger partial charge in [-0.25, -0.2) is 0 Å². The van der Waals surface area contributed by atoms with E-state index in [1.54, 1.807) is 50.6 Å². The first-order valence-electron chi connectivity index (χ1n) is 10.9. The van der Waals surface area contributed by atoms with Gasteiger partial charge in [-0.15, -0.1) is 0 Å². The van der Waals surface area contributed by atoms with Gasteiger partial charge in [0.15, 0.2) is 5.76 Å². The number of anilines is 1. The largest absolute Gasteiger partial charge is 0.497 e. The number of hydrogen-bond donors (Lipinski definition) is 1. The first kappa shape index (κ1) is 22.6. The summed E-state index contributed by atoms with van der Waals surface area (Å²) in [6.45, 7) is 1.83. The average molecular weight is 449 g/mol. The van der Waals surface area contributed by atoms with E-state index in [0.717, 1.165) is 18.6 Å². The Morgan fingerprint density at radius 3 is 2.33 bits per heavy atom. The maximum Gasteiger partial charge on any atom is 0.293 e. The molecule has 1 N–H and O–H groups in total. The lowest BCUT2D eigenvalue weighted by Gasteiger charge is -2.38. The number of rotatable bonds is 7. The van der Waals surface area contributed by atoms with Gasteiger partial charge in [0.2, 0.25) is 0 Å². The van der Waals surface area contributed by atoms with E-state index in [4.69, 9.17) is 13.9 Å². The van der Waals surface area contributed by atoms with Gasteiger partial charge in [-0.3, -0.25) is 9.59 Å². The minimum atomic E-state index is -0.252. The zero-order valence-electron chi connectivity index (χ0n) is 18.9. The van der Waals surface area contributed by atoms with Crippen LogP contribution in [0.25, 0.3) is 0 Å². The summed E-state index contributed by atoms with van der Waals surface area (Å²) in [5.74, 6) is 0.666. The number of nitrogens with one attached hydrogen (secondary N) is 1. The van der Waals surface area contributed by atoms with Gasteiger partial charge < -0.3 is 24.1 Å². The summed E-state index contributed by atoms with van der Waals surface area (Å²) in [4.78, 5) is 26.8. The van der Waals surface area contributed by atoms with Crippen LogP contribution < -0.4 is 15.0 Å². The molecule has 0 unspecified atom stereocenters. The molecule has 2 amide bonds. The quantitative estimate of drug-likeness (QED) is 0.590. The highest BCUT2D eigenvalue weighted by Crippen LogP contribution is 2.35. The van der Waals surface area contributed by atoms with Crippen molar-refractivity contribution in [1.29, 1.82) is 0 Å². The van der Waals surface area contributed by atoms with Crippen molar-refractivity contribution in [3.8, 4) is 5.75 Å². The number of ether oxygens (including phenoxy) is 2. The molecule has 4 rings (SSSR count). The Hall–Kier alpha value is -3.58. The molecule has 2 aromatic carbocycles. The summed E-state index contributed by atoms with van der Waals surface area (Å²) in [7, 11) is 3.32. The summed E-state index contributed by atoms with van der Waals surface area (Å²) in [6.07, 6.45) is 3.13. The first-order valence-corrected chi connectivity index (χ1v) is 10.9. The highest BCUT2D eigenvalue weighted by molar-refractivity contribution is 6.04. The monoisotopic (exact) mass is 448 g/mol. The highest BCUT2D eigenvalue weighted by atomic mass is 16.5. The number of hydrogen-bond acceptors (Lipinski definition) is 5. The Morgan fingerprint density at radius 1 is 1.03 bits per heavy atom. The fourth-order valence-electron chi connectivity index (χ4n) is 4.14. The normalized spacial score (nSPS) is 15.0. The molecule has 0 bridgehead atoms. The molecular weight excluding hydrogens is 420 g/mol. The van der Waals surface area contributed by atoms with Crippen LogP contribution in [0.3, 0.4) is 0 Å². The lowest BCUT2D eigenvalue weighted by Crippen LogP contribution is -2.44. The smallest absolute Gasteiger partial charge is 0.293 e. The van der Waals surface area contributed by atoms with Crippen LogP contribution in [0.4, 0.5) is 5.69 Å². The Balaban J connectivity index is 1.43. The molecule has 0 atom stereocenters. The maximum atomic E-state index is 12.9. The Bertz CT molecular complexity index is 1070. The van der Waals surface area contributed by atoms with E-state index < -0.39 is 0 Å². The van der Waals surface area contributed by atoms with E-state index in [-0.39, 0.29) is 23.0 Å². The molecule has 1 saturated heterocycles. The number of amides is 2. The third-order valence-corrected chi connectivity index (χ3v) is 6.29. The van der Waals surface area contributed by atoms with Crippen LogP contribution in [0.1, 0.15) is 39.3 Å². The second-order valence-corrected chi connectivity index (χ2v) is 8.19. The zero-order valence-corrected chi connectivity index (χ0v) is 18.9. The molecule has 1 fully saturated rings. The summed E-state index contributed by atoms with van der Waals surface area (Å²) in [5, 5.41) is 3.11. The molecule has 33 heavy (non-hydrogen) atoms. The molecule has 1 aliphatic heterocycles. The fourth-order valence-corrected chi connectivity index (χ4v) is 4.14. The minimum absolute atomic E-state index is 0.152. The molecule has 1 aromatic heterocycles. The van der Waals surface area contributed by atoms with E-state index in [0.29, 0.717) is 31.0 Å². The molecule has 7 nitrogen and oxygen atoms in total. The summed E-state index contributed by atoms with van der Waals surface area (Å²) >= 11 is 0. The number of carbonyl (C=O) groups is 2. The lowest BCUT2D eigenvalue weighted by atomic mass is 9.74. The predicted octanol–water partition coefficient (Wildman–Crippen LogP) is 4.04. The van der Waals surface area contributed by atoms with Gasteiger partial charge >= 0.3 is 0 Å². The van der Waals surface area contributed by atoms with E-state index >= 15 is 0 Å². The number of carbonyl (C=O) groups excluding carboxylic acids is 2. The van der Waals surface area contributed by atoms with E-state index in [1.165, 1.54) is 16.7 Å². The average Bonchev–Trinajstić information content (AvgIpc) is 3.42. The Kier molecular flexibility index (Phi) is 6.79. The van der Waals surface area contributed by atoms with Crippen LogP contribution in [0.2, 0.25) is 0 Å². The molecule has 0 spiro atoms. The maximum absolute atomic E-state index is 12.9. The lowest BCUT2D eigenvalue weighted by molar-refractivity contribution is 0.0487. The highest BCUT2D eigenvalue weighted by Gasteiger charge is 2.35. The second kappa shape index (κ2) is 9.92. The van der Waals surface area contributed by atoms with Crippen molar-refractivity contribution in [2.45, 2.75) is 18.3 Å². The van der Waals surface area contributed by atoms with E-state index in [2.05, 4.69) is 17.4 Å². The molecule has 1 aliphatic rings. The van der Waals surface area contributed by atoms with Crippen LogP contribution >= 0.6 is 0 Å². The Morgan fingerprint density at radius 2 is 1.73 bits per heavy atom. The van der Waals surface area contributed by atoms with Crippen LogP contribution in [-0.2, 0) is 10.2 Å². The predicted molar refractivity (Wildman–Crippen MR) is 125 cm³/mol. The molecule has 0 saturated carbocycles. The summed E-state index contributed by atoms with van der Waals surface area (Å²) in [6, 6.07) is 18.3. The van der Waals surface area contributed by atoms with Gasteiger partial charge in [0.25, 0.3) is 11.8 Å². The van der Waals surface area contributed by atoms with Crippen LogP contribution in [-0.4, -0.2) is 45.7 Å². The van der Waals surface area contributed by atoms with Crippen LogP contribution in [0, 0.1) is 0 Å². The third kappa shape index (κ3) is 4.93. The molecule has 172 valence electrons. The van der Waals surface area contributed by atoms with Crippen molar-refractivity contribution in [2.24, 2.45) is 0 Å². The topological polar surface area (TPSA) is 81.0 Å². The number of nitrogens with zero attached hydrogens (tertiary/aromatic N) is 1. The van der Waals surface area contributed by atoms with Gasteiger partial charge in [0.05, 0.1) is 13.4 Å². The van der Waals surface area contributed by atoms with Crippen molar-refractivity contribution >= 4 is 17.5 Å². The van der Waals surface area contributed by atoms with Crippen molar-refractivity contribution in [2.75, 3.05) is 38.8 Å². The zero-order chi connectivity index (χ0) is 23.3. The molecule has 0 aliphatic carbocycles. The van der Waals surface area contributed by atoms with Crippen molar-refractivity contribution in [1.82, 2.24) is 5.32 Å². The second-order valence-electron chi connectivity index (χ2n) is 8.19. The fraction of sp³-hybridized carbons (Fsp3) is 0.308. The third-order valence-electron chi connectivity index (χ3n) is 6.29. The van der Waals surface area contributed by atoms with Crippen molar-refractivity contribution < 1.29 is 23.5 Å². The minimum Gasteiger partial charge on any atom is -0.497 e. The van der Waals surface area contributed by atoms with Crippen LogP contribution in [0.15, 0.2) is 71.3 Å². The molecular formula is C26H28N2O5. The SMILES string of the molecule is COc1ccc(C2(CNC(=O)c3ccc(N(C)C(=O)c4ccco4)cc3)CCOCC2)cc1. The van der Waals surface area contributed by atoms with Crippen molar-refractivity contribution in [3.05, 3.63) is 83.8 Å². The van der Waals surface area contributed by atoms with Crippen molar-refractivity contribution in [3.63, 3.8) is 0 Å². The van der Waals surface area contributed by atoms with Gasteiger partial charge in [0, 0.05) is 43.5 Å². The standard InChI is InChI=1S/C26H28N2O5/c1-28(25(30)23-4-3-15-33-23)21-9-5-19(6-10-21)24(29)27-18-26(13-16-32-17-14-26)20-7-11-22(31-2)12-8-20/h3-12,15H,13-14,16-18H2,1-2H3,(H,27,29). The molecule has 3 aromatic rings. The Labute approximate surface area is 193 Å². The molecule has 0 radical (unpaired) electrons. The number of methoxy groups -OCH3 is 1. The van der Waals surface area contributed by atoms with E-state index in [1.807, 2.05) is 12.1 Å².